The maximum atomic E-state index is 13.4. The van der Waals surface area contributed by atoms with Gasteiger partial charge in [-0.15, -0.1) is 0 Å². The summed E-state index contributed by atoms with van der Waals surface area (Å²) in [5.74, 6) is -0.402. The van der Waals surface area contributed by atoms with Gasteiger partial charge >= 0.3 is 0 Å². The third-order valence-electron chi connectivity index (χ3n) is 2.78. The number of nitrogens with one attached hydrogen (secondary N) is 1. The molecule has 0 saturated heterocycles. The number of hydrogen-bond acceptors (Lipinski definition) is 1. The Morgan fingerprint density at radius 1 is 1.26 bits per heavy atom. The molecular formula is C15H13FINO. The zero-order valence-electron chi connectivity index (χ0n) is 10.4. The lowest BCUT2D eigenvalue weighted by molar-refractivity contribution is 0.0951. The topological polar surface area (TPSA) is 29.1 Å². The van der Waals surface area contributed by atoms with E-state index in [-0.39, 0.29) is 11.7 Å². The molecule has 0 bridgehead atoms. The zero-order chi connectivity index (χ0) is 13.8. The molecule has 1 N–H and O–H groups in total. The van der Waals surface area contributed by atoms with Gasteiger partial charge in [-0.05, 0) is 64.9 Å². The summed E-state index contributed by atoms with van der Waals surface area (Å²) in [5, 5.41) is 2.78. The lowest BCUT2D eigenvalue weighted by Gasteiger charge is -2.06. The maximum absolute atomic E-state index is 13.4. The summed E-state index contributed by atoms with van der Waals surface area (Å²) in [6, 6.07) is 12.3. The standard InChI is InChI=1S/C15H13FINO/c1-10-5-6-11(7-14(10)16)9-18-15(19)12-3-2-4-13(17)8-12/h2-8H,9H2,1H3,(H,18,19). The van der Waals surface area contributed by atoms with Crippen LogP contribution in [0.4, 0.5) is 4.39 Å². The molecule has 0 aliphatic rings. The number of halogens is 2. The summed E-state index contributed by atoms with van der Waals surface area (Å²) in [4.78, 5) is 11.9. The summed E-state index contributed by atoms with van der Waals surface area (Å²) >= 11 is 2.16. The lowest BCUT2D eigenvalue weighted by Crippen LogP contribution is -2.22. The van der Waals surface area contributed by atoms with Crippen molar-refractivity contribution in [1.82, 2.24) is 5.32 Å². The summed E-state index contributed by atoms with van der Waals surface area (Å²) < 4.78 is 14.4. The number of carbonyl (C=O) groups is 1. The molecule has 0 unspecified atom stereocenters. The Bertz CT molecular complexity index is 613. The van der Waals surface area contributed by atoms with Crippen LogP contribution < -0.4 is 5.32 Å². The van der Waals surface area contributed by atoms with E-state index in [1.54, 1.807) is 19.1 Å². The number of benzene rings is 2. The van der Waals surface area contributed by atoms with Gasteiger partial charge in [-0.2, -0.15) is 0 Å². The van der Waals surface area contributed by atoms with E-state index in [4.69, 9.17) is 0 Å². The molecule has 19 heavy (non-hydrogen) atoms. The van der Waals surface area contributed by atoms with E-state index in [9.17, 15) is 9.18 Å². The van der Waals surface area contributed by atoms with E-state index in [0.717, 1.165) is 9.13 Å². The molecule has 0 fully saturated rings. The van der Waals surface area contributed by atoms with Gasteiger partial charge in [0.15, 0.2) is 0 Å². The molecule has 0 spiro atoms. The van der Waals surface area contributed by atoms with E-state index in [2.05, 4.69) is 27.9 Å². The first-order chi connectivity index (χ1) is 9.06. The highest BCUT2D eigenvalue weighted by Gasteiger charge is 2.06. The van der Waals surface area contributed by atoms with Gasteiger partial charge in [0.2, 0.25) is 0 Å². The van der Waals surface area contributed by atoms with Crippen LogP contribution in [-0.2, 0) is 6.54 Å². The molecule has 2 nitrogen and oxygen atoms in total. The summed E-state index contributed by atoms with van der Waals surface area (Å²) in [7, 11) is 0. The predicted molar refractivity (Wildman–Crippen MR) is 81.5 cm³/mol. The van der Waals surface area contributed by atoms with Gasteiger partial charge in [0.1, 0.15) is 5.82 Å². The minimum atomic E-state index is -0.249. The Morgan fingerprint density at radius 2 is 2.05 bits per heavy atom. The van der Waals surface area contributed by atoms with Crippen molar-refractivity contribution in [3.63, 3.8) is 0 Å². The minimum absolute atomic E-state index is 0.153. The fraction of sp³-hybridized carbons (Fsp3) is 0.133. The lowest BCUT2D eigenvalue weighted by atomic mass is 10.1. The molecule has 4 heteroatoms. The van der Waals surface area contributed by atoms with Crippen LogP contribution in [0.3, 0.4) is 0 Å². The van der Waals surface area contributed by atoms with Gasteiger partial charge < -0.3 is 5.32 Å². The van der Waals surface area contributed by atoms with Crippen LogP contribution >= 0.6 is 22.6 Å². The largest absolute Gasteiger partial charge is 0.348 e. The average molecular weight is 369 g/mol. The van der Waals surface area contributed by atoms with Gasteiger partial charge in [-0.25, -0.2) is 4.39 Å². The van der Waals surface area contributed by atoms with E-state index >= 15 is 0 Å². The average Bonchev–Trinajstić information content (AvgIpc) is 2.40. The van der Waals surface area contributed by atoms with Crippen molar-refractivity contribution < 1.29 is 9.18 Å². The molecule has 0 radical (unpaired) electrons. The van der Waals surface area contributed by atoms with Gasteiger partial charge in [-0.3, -0.25) is 4.79 Å². The van der Waals surface area contributed by atoms with Crippen LogP contribution in [0, 0.1) is 16.3 Å². The number of amides is 1. The Balaban J connectivity index is 2.02. The number of aryl methyl sites for hydroxylation is 1. The number of hydrogen-bond donors (Lipinski definition) is 1. The summed E-state index contributed by atoms with van der Waals surface area (Å²) in [6.45, 7) is 2.03. The van der Waals surface area contributed by atoms with Crippen molar-refractivity contribution in [3.05, 3.63) is 68.5 Å². The van der Waals surface area contributed by atoms with Crippen LogP contribution in [0.15, 0.2) is 42.5 Å². The zero-order valence-corrected chi connectivity index (χ0v) is 12.6. The molecule has 98 valence electrons. The first kappa shape index (κ1) is 14.0. The van der Waals surface area contributed by atoms with Crippen LogP contribution in [0.2, 0.25) is 0 Å². The van der Waals surface area contributed by atoms with Crippen LogP contribution in [0.5, 0.6) is 0 Å². The van der Waals surface area contributed by atoms with E-state index < -0.39 is 0 Å². The van der Waals surface area contributed by atoms with Gasteiger partial charge in [0, 0.05) is 15.7 Å². The molecule has 0 aromatic heterocycles. The fourth-order valence-electron chi connectivity index (χ4n) is 1.66. The molecule has 0 saturated carbocycles. The molecule has 2 aromatic carbocycles. The first-order valence-corrected chi connectivity index (χ1v) is 6.93. The summed E-state index contributed by atoms with van der Waals surface area (Å²) in [5.41, 5.74) is 1.97. The quantitative estimate of drug-likeness (QED) is 0.822. The van der Waals surface area contributed by atoms with Gasteiger partial charge in [0.25, 0.3) is 5.91 Å². The first-order valence-electron chi connectivity index (χ1n) is 5.85. The van der Waals surface area contributed by atoms with Gasteiger partial charge in [0.05, 0.1) is 0 Å². The molecule has 2 aromatic rings. The third-order valence-corrected chi connectivity index (χ3v) is 3.45. The van der Waals surface area contributed by atoms with Crippen molar-refractivity contribution in [3.8, 4) is 0 Å². The Hall–Kier alpha value is -1.43. The molecule has 0 atom stereocenters. The highest BCUT2D eigenvalue weighted by atomic mass is 127. The molecule has 2 rings (SSSR count). The minimum Gasteiger partial charge on any atom is -0.348 e. The highest BCUT2D eigenvalue weighted by molar-refractivity contribution is 14.1. The van der Waals surface area contributed by atoms with E-state index in [0.29, 0.717) is 17.7 Å². The fourth-order valence-corrected chi connectivity index (χ4v) is 2.20. The van der Waals surface area contributed by atoms with Crippen molar-refractivity contribution in [1.29, 1.82) is 0 Å². The van der Waals surface area contributed by atoms with Crippen molar-refractivity contribution >= 4 is 28.5 Å². The Kier molecular flexibility index (Phi) is 4.52. The summed E-state index contributed by atoms with van der Waals surface area (Å²) in [6.07, 6.45) is 0. The normalized spacial score (nSPS) is 10.3. The molecule has 0 aliphatic carbocycles. The molecule has 1 amide bonds. The maximum Gasteiger partial charge on any atom is 0.251 e. The number of rotatable bonds is 3. The van der Waals surface area contributed by atoms with E-state index in [1.807, 2.05) is 24.3 Å². The third kappa shape index (κ3) is 3.76. The number of carbonyl (C=O) groups excluding carboxylic acids is 1. The van der Waals surface area contributed by atoms with Crippen molar-refractivity contribution in [2.45, 2.75) is 13.5 Å². The van der Waals surface area contributed by atoms with Crippen molar-refractivity contribution in [2.75, 3.05) is 0 Å². The SMILES string of the molecule is Cc1ccc(CNC(=O)c2cccc(I)c2)cc1F. The second kappa shape index (κ2) is 6.14. The van der Waals surface area contributed by atoms with Gasteiger partial charge in [-0.1, -0.05) is 18.2 Å². The smallest absolute Gasteiger partial charge is 0.251 e. The van der Waals surface area contributed by atoms with Crippen LogP contribution in [0.1, 0.15) is 21.5 Å². The predicted octanol–water partition coefficient (Wildman–Crippen LogP) is 3.67. The van der Waals surface area contributed by atoms with Crippen LogP contribution in [-0.4, -0.2) is 5.91 Å². The second-order valence-corrected chi connectivity index (χ2v) is 5.52. The van der Waals surface area contributed by atoms with Crippen molar-refractivity contribution in [2.24, 2.45) is 0 Å². The monoisotopic (exact) mass is 369 g/mol. The Labute approximate surface area is 125 Å². The molecule has 0 heterocycles. The Morgan fingerprint density at radius 3 is 2.74 bits per heavy atom. The van der Waals surface area contributed by atoms with E-state index in [1.165, 1.54) is 6.07 Å². The highest BCUT2D eigenvalue weighted by Crippen LogP contribution is 2.10. The second-order valence-electron chi connectivity index (χ2n) is 4.28. The molecule has 0 aliphatic heterocycles. The van der Waals surface area contributed by atoms with Crippen LogP contribution in [0.25, 0.3) is 0 Å². The molecular weight excluding hydrogens is 356 g/mol.